The first-order valence-electron chi connectivity index (χ1n) is 6.20. The van der Waals surface area contributed by atoms with Gasteiger partial charge in [-0.25, -0.2) is 8.42 Å². The van der Waals surface area contributed by atoms with Crippen LogP contribution >= 0.6 is 0 Å². The Bertz CT molecular complexity index is 659. The first-order chi connectivity index (χ1) is 9.46. The van der Waals surface area contributed by atoms with E-state index in [4.69, 9.17) is 4.74 Å². The summed E-state index contributed by atoms with van der Waals surface area (Å²) < 4.78 is 29.2. The lowest BCUT2D eigenvalue weighted by molar-refractivity contribution is -0.110. The number of rotatable bonds is 5. The van der Waals surface area contributed by atoms with E-state index < -0.39 is 26.4 Å². The van der Waals surface area contributed by atoms with E-state index in [1.807, 2.05) is 6.07 Å². The highest BCUT2D eigenvalue weighted by Gasteiger charge is 2.72. The quantitative estimate of drug-likeness (QED) is 0.764. The summed E-state index contributed by atoms with van der Waals surface area (Å²) in [6, 6.07) is 8.67. The van der Waals surface area contributed by atoms with Crippen molar-refractivity contribution in [2.45, 2.75) is 18.1 Å². The van der Waals surface area contributed by atoms with Gasteiger partial charge in [-0.3, -0.25) is 0 Å². The van der Waals surface area contributed by atoms with Crippen molar-refractivity contribution < 1.29 is 17.9 Å². The van der Waals surface area contributed by atoms with E-state index in [1.165, 1.54) is 14.0 Å². The van der Waals surface area contributed by atoms with Crippen LogP contribution in [0.15, 0.2) is 24.3 Å². The molecule has 1 aliphatic carbocycles. The molecule has 0 heterocycles. The lowest BCUT2D eigenvalue weighted by Crippen LogP contribution is -2.17. The zero-order chi connectivity index (χ0) is 15.0. The maximum Gasteiger partial charge on any atom is 0.155 e. The van der Waals surface area contributed by atoms with Crippen LogP contribution in [0.25, 0.3) is 0 Å². The molecular weight excluding hydrogens is 278 g/mol. The summed E-state index contributed by atoms with van der Waals surface area (Å²) in [5.74, 6) is -0.0412. The molecule has 0 N–H and O–H groups in total. The summed E-state index contributed by atoms with van der Waals surface area (Å²) in [6.07, 6.45) is 0.472. The summed E-state index contributed by atoms with van der Waals surface area (Å²) in [5, 5.41) is 8.30. The minimum atomic E-state index is -3.45. The van der Waals surface area contributed by atoms with E-state index in [2.05, 4.69) is 0 Å². The van der Waals surface area contributed by atoms with Crippen molar-refractivity contribution in [3.05, 3.63) is 29.8 Å². The van der Waals surface area contributed by atoms with Crippen molar-refractivity contribution >= 4 is 16.1 Å². The predicted molar refractivity (Wildman–Crippen MR) is 73.1 cm³/mol. The third kappa shape index (κ3) is 1.98. The second-order valence-corrected chi connectivity index (χ2v) is 7.20. The van der Waals surface area contributed by atoms with Crippen LogP contribution in [0.3, 0.4) is 0 Å². The summed E-state index contributed by atoms with van der Waals surface area (Å²) in [6.45, 7) is 1.52. The summed E-state index contributed by atoms with van der Waals surface area (Å²) in [7, 11) is -1.93. The molecule has 1 saturated carbocycles. The second-order valence-electron chi connectivity index (χ2n) is 4.79. The van der Waals surface area contributed by atoms with E-state index in [0.29, 0.717) is 17.6 Å². The molecule has 5 nitrogen and oxygen atoms in total. The van der Waals surface area contributed by atoms with E-state index in [-0.39, 0.29) is 5.75 Å². The highest BCUT2D eigenvalue weighted by atomic mass is 32.2. The van der Waals surface area contributed by atoms with E-state index in [1.54, 1.807) is 24.3 Å². The summed E-state index contributed by atoms with van der Waals surface area (Å²) in [5.41, 5.74) is -0.787. The largest absolute Gasteiger partial charge is 0.497 e. The van der Waals surface area contributed by atoms with Crippen LogP contribution in [-0.2, 0) is 14.6 Å². The third-order valence-electron chi connectivity index (χ3n) is 3.83. The van der Waals surface area contributed by atoms with Gasteiger partial charge < -0.3 is 9.53 Å². The minimum absolute atomic E-state index is 0.0818. The zero-order valence-electron chi connectivity index (χ0n) is 11.2. The van der Waals surface area contributed by atoms with Crippen molar-refractivity contribution in [1.82, 2.24) is 0 Å². The Morgan fingerprint density at radius 3 is 2.40 bits per heavy atom. The Labute approximate surface area is 118 Å². The minimum Gasteiger partial charge on any atom is -0.497 e. The van der Waals surface area contributed by atoms with Crippen molar-refractivity contribution in [2.75, 3.05) is 12.9 Å². The molecule has 1 aromatic rings. The summed E-state index contributed by atoms with van der Waals surface area (Å²) >= 11 is 0. The topological polar surface area (TPSA) is 84.2 Å². The molecule has 0 unspecified atom stereocenters. The Balaban J connectivity index is 2.44. The lowest BCUT2D eigenvalue weighted by atomic mass is 10.0. The number of nitrogens with zero attached hydrogens (tertiary/aromatic N) is 1. The van der Waals surface area contributed by atoms with E-state index in [0.717, 1.165) is 0 Å². The number of nitriles is 1. The fourth-order valence-corrected chi connectivity index (χ4v) is 4.55. The molecule has 0 saturated heterocycles. The Kier molecular flexibility index (Phi) is 3.57. The molecule has 1 aliphatic rings. The molecule has 106 valence electrons. The van der Waals surface area contributed by atoms with Gasteiger partial charge in [-0.2, -0.15) is 5.26 Å². The molecule has 20 heavy (non-hydrogen) atoms. The van der Waals surface area contributed by atoms with Crippen molar-refractivity contribution in [3.63, 3.8) is 0 Å². The van der Waals surface area contributed by atoms with Gasteiger partial charge >= 0.3 is 0 Å². The maximum absolute atomic E-state index is 12.1. The number of methoxy groups -OCH3 is 1. The molecule has 3 atom stereocenters. The zero-order valence-corrected chi connectivity index (χ0v) is 12.1. The fourth-order valence-electron chi connectivity index (χ4n) is 2.62. The molecule has 1 fully saturated rings. The summed E-state index contributed by atoms with van der Waals surface area (Å²) in [4.78, 5) is 11.3. The van der Waals surface area contributed by atoms with Gasteiger partial charge in [0.15, 0.2) is 9.84 Å². The molecule has 1 aromatic carbocycles. The number of carbonyl (C=O) groups excluding carboxylic acids is 1. The average molecular weight is 293 g/mol. The van der Waals surface area contributed by atoms with Crippen LogP contribution in [-0.4, -0.2) is 32.8 Å². The van der Waals surface area contributed by atoms with E-state index >= 15 is 0 Å². The van der Waals surface area contributed by atoms with Crippen molar-refractivity contribution in [1.29, 1.82) is 5.26 Å². The molecule has 0 radical (unpaired) electrons. The van der Waals surface area contributed by atoms with Gasteiger partial charge in [-0.15, -0.1) is 0 Å². The standard InChI is InChI=1S/C14H15NO4S/c1-3-20(17,18)13-12(14(13,8-15)9-16)10-4-6-11(19-2)7-5-10/h4-7,9,12-13H,3H2,1-2H3/t12-,13-,14+/m1/s1. The van der Waals surface area contributed by atoms with Gasteiger partial charge in [0.05, 0.1) is 18.4 Å². The Morgan fingerprint density at radius 2 is 2.00 bits per heavy atom. The number of hydrogen-bond acceptors (Lipinski definition) is 5. The number of aldehydes is 1. The fraction of sp³-hybridized carbons (Fsp3) is 0.429. The number of hydrogen-bond donors (Lipinski definition) is 0. The molecule has 0 aromatic heterocycles. The van der Waals surface area contributed by atoms with Gasteiger partial charge in [0.25, 0.3) is 0 Å². The Hall–Kier alpha value is -1.87. The maximum atomic E-state index is 12.1. The SMILES string of the molecule is CCS(=O)(=O)[C@@H]1[C@@H](c2ccc(OC)cc2)[C@]1(C#N)C=O. The number of carbonyl (C=O) groups is 1. The molecule has 0 bridgehead atoms. The number of ether oxygens (including phenoxy) is 1. The normalized spacial score (nSPS) is 28.4. The van der Waals surface area contributed by atoms with Crippen LogP contribution in [0, 0.1) is 16.7 Å². The Morgan fingerprint density at radius 1 is 1.40 bits per heavy atom. The lowest BCUT2D eigenvalue weighted by Gasteiger charge is -2.03. The second kappa shape index (κ2) is 4.91. The average Bonchev–Trinajstić information content (AvgIpc) is 3.18. The van der Waals surface area contributed by atoms with Gasteiger partial charge in [0.1, 0.15) is 17.5 Å². The van der Waals surface area contributed by atoms with Gasteiger partial charge in [0, 0.05) is 11.7 Å². The van der Waals surface area contributed by atoms with Crippen LogP contribution in [0.2, 0.25) is 0 Å². The van der Waals surface area contributed by atoms with Crippen LogP contribution < -0.4 is 4.74 Å². The van der Waals surface area contributed by atoms with Crippen LogP contribution in [0.1, 0.15) is 18.4 Å². The monoisotopic (exact) mass is 293 g/mol. The highest BCUT2D eigenvalue weighted by Crippen LogP contribution is 2.61. The third-order valence-corrected chi connectivity index (χ3v) is 6.07. The molecule has 0 amide bonds. The predicted octanol–water partition coefficient (Wildman–Crippen LogP) is 1.30. The van der Waals surface area contributed by atoms with Crippen LogP contribution in [0.5, 0.6) is 5.75 Å². The van der Waals surface area contributed by atoms with Crippen molar-refractivity contribution in [3.8, 4) is 11.8 Å². The molecule has 0 aliphatic heterocycles. The van der Waals surface area contributed by atoms with Gasteiger partial charge in [0.2, 0.25) is 0 Å². The van der Waals surface area contributed by atoms with E-state index in [9.17, 15) is 18.5 Å². The first kappa shape index (κ1) is 14.5. The highest BCUT2D eigenvalue weighted by molar-refractivity contribution is 7.92. The molecule has 6 heteroatoms. The van der Waals surface area contributed by atoms with Crippen LogP contribution in [0.4, 0.5) is 0 Å². The van der Waals surface area contributed by atoms with Gasteiger partial charge in [-0.1, -0.05) is 19.1 Å². The molecule has 0 spiro atoms. The number of benzene rings is 1. The number of sulfone groups is 1. The smallest absolute Gasteiger partial charge is 0.155 e. The molecule has 2 rings (SSSR count). The van der Waals surface area contributed by atoms with Gasteiger partial charge in [-0.05, 0) is 17.7 Å². The van der Waals surface area contributed by atoms with Crippen molar-refractivity contribution in [2.24, 2.45) is 5.41 Å². The molecular formula is C14H15NO4S. The first-order valence-corrected chi connectivity index (χ1v) is 7.91.